The second-order valence-corrected chi connectivity index (χ2v) is 16.3. The molecular formula is C46H43N5O2. The van der Waals surface area contributed by atoms with Crippen molar-refractivity contribution in [1.82, 2.24) is 14.5 Å². The summed E-state index contributed by atoms with van der Waals surface area (Å²) in [6, 6.07) is 40.4. The normalized spacial score (nSPS) is 18.2. The van der Waals surface area contributed by atoms with Crippen LogP contribution in [0.15, 0.2) is 125 Å². The molecule has 2 aliphatic heterocycles. The van der Waals surface area contributed by atoms with Gasteiger partial charge in [0.1, 0.15) is 22.6 Å². The molecule has 0 N–H and O–H groups in total. The fraction of sp³-hybridized carbons (Fsp3) is 0.261. The predicted molar refractivity (Wildman–Crippen MR) is 216 cm³/mol. The van der Waals surface area contributed by atoms with E-state index in [1.807, 2.05) is 30.3 Å². The molecule has 0 aliphatic carbocycles. The molecule has 0 saturated heterocycles. The average Bonchev–Trinajstić information content (AvgIpc) is 3.68. The van der Waals surface area contributed by atoms with Crippen LogP contribution in [0.1, 0.15) is 66.8 Å². The van der Waals surface area contributed by atoms with Crippen LogP contribution in [0.4, 0.5) is 0 Å². The van der Waals surface area contributed by atoms with E-state index < -0.39 is 11.2 Å². The van der Waals surface area contributed by atoms with Crippen molar-refractivity contribution in [3.63, 3.8) is 0 Å². The van der Waals surface area contributed by atoms with Gasteiger partial charge in [-0.25, -0.2) is 20.0 Å². The van der Waals surface area contributed by atoms with Crippen LogP contribution < -0.4 is 0 Å². The van der Waals surface area contributed by atoms with E-state index in [1.165, 1.54) is 10.8 Å². The third kappa shape index (κ3) is 5.24. The highest BCUT2D eigenvalue weighted by molar-refractivity contribution is 6.19. The van der Waals surface area contributed by atoms with Crippen molar-refractivity contribution in [2.24, 2.45) is 9.98 Å². The molecular weight excluding hydrogens is 655 g/mol. The van der Waals surface area contributed by atoms with Gasteiger partial charge in [0.15, 0.2) is 0 Å². The summed E-state index contributed by atoms with van der Waals surface area (Å²) in [7, 11) is 0. The fourth-order valence-corrected chi connectivity index (χ4v) is 7.20. The van der Waals surface area contributed by atoms with Gasteiger partial charge < -0.3 is 14.0 Å². The highest BCUT2D eigenvalue weighted by Crippen LogP contribution is 2.41. The number of aromatic nitrogens is 3. The van der Waals surface area contributed by atoms with Gasteiger partial charge in [0, 0.05) is 33.0 Å². The Morgan fingerprint density at radius 2 is 0.981 bits per heavy atom. The smallest absolute Gasteiger partial charge is 0.236 e. The van der Waals surface area contributed by atoms with Crippen LogP contribution in [-0.4, -0.2) is 48.6 Å². The largest absolute Gasteiger partial charge is 0.468 e. The zero-order chi connectivity index (χ0) is 36.9. The van der Waals surface area contributed by atoms with E-state index in [4.69, 9.17) is 29.4 Å². The fourth-order valence-electron chi connectivity index (χ4n) is 7.20. The number of fused-ring (bicyclic) bond motifs is 5. The molecule has 0 spiro atoms. The van der Waals surface area contributed by atoms with E-state index in [0.717, 1.165) is 61.4 Å². The first kappa shape index (κ1) is 33.0. The number of nitrogens with zero attached hydrogens (tertiary/aromatic N) is 5. The molecule has 0 saturated carbocycles. The zero-order valence-corrected chi connectivity index (χ0v) is 31.5. The minimum atomic E-state index is -0.422. The summed E-state index contributed by atoms with van der Waals surface area (Å²) in [5.74, 6) is 1.18. The molecule has 7 heteroatoms. The maximum Gasteiger partial charge on any atom is 0.236 e. The molecule has 0 fully saturated rings. The summed E-state index contributed by atoms with van der Waals surface area (Å²) in [6.45, 7) is 16.7. The number of ether oxygens (including phenoxy) is 2. The van der Waals surface area contributed by atoms with Crippen molar-refractivity contribution in [3.8, 4) is 28.2 Å². The van der Waals surface area contributed by atoms with Crippen molar-refractivity contribution in [2.75, 3.05) is 0 Å². The quantitative estimate of drug-likeness (QED) is 0.179. The Balaban J connectivity index is 1.17. The minimum Gasteiger partial charge on any atom is -0.468 e. The monoisotopic (exact) mass is 697 g/mol. The summed E-state index contributed by atoms with van der Waals surface area (Å²) < 4.78 is 15.0. The van der Waals surface area contributed by atoms with Gasteiger partial charge in [-0.1, -0.05) is 66.7 Å². The van der Waals surface area contributed by atoms with E-state index in [-0.39, 0.29) is 11.1 Å². The van der Waals surface area contributed by atoms with E-state index in [1.54, 1.807) is 0 Å². The molecule has 0 atom stereocenters. The molecule has 0 radical (unpaired) electrons. The summed E-state index contributed by atoms with van der Waals surface area (Å²) in [5, 5.41) is 4.67. The number of benzene rings is 4. The third-order valence-corrected chi connectivity index (χ3v) is 11.7. The second kappa shape index (κ2) is 11.3. The molecule has 0 unspecified atom stereocenters. The SMILES string of the molecule is CC1(C)N=C(c2cccc(-c3ccc4c(ccc5c6ccc(-c7cccc(C8=NC(C)(C)C(C)(C)O8)n7)cc6n(-c6ccccc6)c45)c3)n2)OC1(C)C. The summed E-state index contributed by atoms with van der Waals surface area (Å²) >= 11 is 0. The number of rotatable bonds is 5. The molecule has 0 amide bonds. The highest BCUT2D eigenvalue weighted by Gasteiger charge is 2.47. The van der Waals surface area contributed by atoms with Crippen molar-refractivity contribution in [3.05, 3.63) is 127 Å². The molecule has 264 valence electrons. The molecule has 9 rings (SSSR count). The van der Waals surface area contributed by atoms with Gasteiger partial charge in [0.2, 0.25) is 11.8 Å². The maximum absolute atomic E-state index is 6.32. The highest BCUT2D eigenvalue weighted by atomic mass is 16.5. The summed E-state index contributed by atoms with van der Waals surface area (Å²) in [5.41, 5.74) is 7.12. The summed E-state index contributed by atoms with van der Waals surface area (Å²) in [4.78, 5) is 19.9. The van der Waals surface area contributed by atoms with Gasteiger partial charge in [0.25, 0.3) is 0 Å². The van der Waals surface area contributed by atoms with Crippen molar-refractivity contribution in [1.29, 1.82) is 0 Å². The Labute approximate surface area is 310 Å². The van der Waals surface area contributed by atoms with E-state index in [2.05, 4.69) is 145 Å². The molecule has 7 nitrogen and oxygen atoms in total. The lowest BCUT2D eigenvalue weighted by molar-refractivity contribution is 0.0616. The first-order valence-corrected chi connectivity index (χ1v) is 18.3. The topological polar surface area (TPSA) is 73.9 Å². The Kier molecular flexibility index (Phi) is 7.07. The standard InChI is InChI=1S/C46H43N5O2/c1-43(2)45(5,6)52-41(49-43)37-18-12-16-35(47-37)29-21-23-32-28(26-29)20-25-34-33-24-22-30(27-39(33)51(40(32)34)31-14-10-9-11-15-31)36-17-13-19-38(48-36)42-50-44(3,4)46(7,8)53-42/h9-27H,1-8H3. The Bertz CT molecular complexity index is 2680. The van der Waals surface area contributed by atoms with Crippen LogP contribution in [-0.2, 0) is 9.47 Å². The van der Waals surface area contributed by atoms with Gasteiger partial charge >= 0.3 is 0 Å². The molecule has 4 aromatic carbocycles. The Morgan fingerprint density at radius 1 is 0.472 bits per heavy atom. The van der Waals surface area contributed by atoms with Crippen LogP contribution in [0.5, 0.6) is 0 Å². The van der Waals surface area contributed by atoms with E-state index >= 15 is 0 Å². The molecule has 5 heterocycles. The molecule has 3 aromatic heterocycles. The van der Waals surface area contributed by atoms with Crippen LogP contribution in [0.2, 0.25) is 0 Å². The lowest BCUT2D eigenvalue weighted by Gasteiger charge is -2.30. The molecule has 2 aliphatic rings. The van der Waals surface area contributed by atoms with Crippen molar-refractivity contribution >= 4 is 44.4 Å². The Morgan fingerprint density at radius 3 is 1.53 bits per heavy atom. The predicted octanol–water partition coefficient (Wildman–Crippen LogP) is 10.7. The van der Waals surface area contributed by atoms with Gasteiger partial charge in [-0.2, -0.15) is 0 Å². The Hall–Kier alpha value is -5.82. The van der Waals surface area contributed by atoms with Crippen LogP contribution in [0.3, 0.4) is 0 Å². The van der Waals surface area contributed by atoms with Crippen LogP contribution >= 0.6 is 0 Å². The zero-order valence-electron chi connectivity index (χ0n) is 31.5. The number of pyridine rings is 2. The van der Waals surface area contributed by atoms with Crippen molar-refractivity contribution < 1.29 is 9.47 Å². The molecule has 7 aromatic rings. The van der Waals surface area contributed by atoms with Gasteiger partial charge in [0.05, 0.1) is 33.5 Å². The third-order valence-electron chi connectivity index (χ3n) is 11.7. The lowest BCUT2D eigenvalue weighted by Crippen LogP contribution is -2.41. The first-order valence-electron chi connectivity index (χ1n) is 18.3. The summed E-state index contributed by atoms with van der Waals surface area (Å²) in [6.07, 6.45) is 0. The lowest BCUT2D eigenvalue weighted by atomic mass is 9.87. The first-order chi connectivity index (χ1) is 25.2. The van der Waals surface area contributed by atoms with Crippen LogP contribution in [0, 0.1) is 0 Å². The van der Waals surface area contributed by atoms with E-state index in [9.17, 15) is 0 Å². The molecule has 53 heavy (non-hydrogen) atoms. The number of para-hydroxylation sites is 1. The maximum atomic E-state index is 6.32. The minimum absolute atomic E-state index is 0.346. The number of hydrogen-bond acceptors (Lipinski definition) is 6. The average molecular weight is 698 g/mol. The molecule has 0 bridgehead atoms. The van der Waals surface area contributed by atoms with Gasteiger partial charge in [-0.05, 0) is 109 Å². The number of aliphatic imine (C=N–C) groups is 2. The van der Waals surface area contributed by atoms with Gasteiger partial charge in [-0.3, -0.25) is 0 Å². The number of hydrogen-bond donors (Lipinski definition) is 0. The van der Waals surface area contributed by atoms with Crippen LogP contribution in [0.25, 0.3) is 60.8 Å². The van der Waals surface area contributed by atoms with E-state index in [0.29, 0.717) is 11.8 Å². The van der Waals surface area contributed by atoms with Crippen molar-refractivity contribution in [2.45, 2.75) is 77.7 Å². The second-order valence-electron chi connectivity index (χ2n) is 16.3. The van der Waals surface area contributed by atoms with Gasteiger partial charge in [-0.15, -0.1) is 0 Å².